The Kier molecular flexibility index (Phi) is 6.34. The van der Waals surface area contributed by atoms with Gasteiger partial charge < -0.3 is 16.2 Å². The number of nitrogens with two attached hydrogens (primary N) is 1. The lowest BCUT2D eigenvalue weighted by Gasteiger charge is -2.30. The molecule has 7 nitrogen and oxygen atoms in total. The van der Waals surface area contributed by atoms with Crippen LogP contribution in [0.2, 0.25) is 0 Å². The first-order chi connectivity index (χ1) is 14.2. The van der Waals surface area contributed by atoms with E-state index in [-0.39, 0.29) is 54.6 Å². The first-order valence-corrected chi connectivity index (χ1v) is 9.72. The number of halogens is 1. The molecule has 2 aromatic carbocycles. The Morgan fingerprint density at radius 2 is 2.07 bits per heavy atom. The standard InChI is InChI=1S/C22H25FN4O3/c1-13(2)19-10-20(29)27(22(24)26-19)12-15-6-16(9-17(23)7-15)21(30)25-11-14-4-3-5-18(28)8-14/h3-9,13,19,28H,10-12H2,1-2H3,(H2,24,26)(H,25,30). The molecule has 2 aromatic rings. The Labute approximate surface area is 174 Å². The predicted molar refractivity (Wildman–Crippen MR) is 111 cm³/mol. The summed E-state index contributed by atoms with van der Waals surface area (Å²) in [6.45, 7) is 4.15. The quantitative estimate of drug-likeness (QED) is 0.677. The maximum Gasteiger partial charge on any atom is 0.251 e. The maximum absolute atomic E-state index is 14.1. The Bertz CT molecular complexity index is 990. The predicted octanol–water partition coefficient (Wildman–Crippen LogP) is 2.53. The van der Waals surface area contributed by atoms with E-state index in [1.807, 2.05) is 13.8 Å². The number of benzene rings is 2. The number of nitrogens with one attached hydrogen (secondary N) is 1. The van der Waals surface area contributed by atoms with Crippen molar-refractivity contribution in [1.29, 1.82) is 0 Å². The molecule has 0 bridgehead atoms. The van der Waals surface area contributed by atoms with Gasteiger partial charge in [0.15, 0.2) is 5.96 Å². The summed E-state index contributed by atoms with van der Waals surface area (Å²) in [5.41, 5.74) is 7.24. The van der Waals surface area contributed by atoms with E-state index in [2.05, 4.69) is 10.3 Å². The minimum Gasteiger partial charge on any atom is -0.508 e. The fourth-order valence-electron chi connectivity index (χ4n) is 3.26. The van der Waals surface area contributed by atoms with Crippen LogP contribution in [0.1, 0.15) is 41.8 Å². The van der Waals surface area contributed by atoms with Gasteiger partial charge in [0.2, 0.25) is 5.91 Å². The van der Waals surface area contributed by atoms with Crippen molar-refractivity contribution in [2.75, 3.05) is 0 Å². The zero-order valence-corrected chi connectivity index (χ0v) is 16.9. The normalized spacial score (nSPS) is 16.5. The Balaban J connectivity index is 1.72. The fraction of sp³-hybridized carbons (Fsp3) is 0.318. The van der Waals surface area contributed by atoms with Crippen molar-refractivity contribution in [2.24, 2.45) is 16.6 Å². The highest BCUT2D eigenvalue weighted by Crippen LogP contribution is 2.20. The van der Waals surface area contributed by atoms with Gasteiger partial charge >= 0.3 is 0 Å². The Hall–Kier alpha value is -3.42. The molecule has 0 aliphatic carbocycles. The van der Waals surface area contributed by atoms with Crippen LogP contribution in [0.4, 0.5) is 4.39 Å². The van der Waals surface area contributed by atoms with Crippen LogP contribution < -0.4 is 11.1 Å². The number of carbonyl (C=O) groups excluding carboxylic acids is 2. The molecule has 4 N–H and O–H groups in total. The second kappa shape index (κ2) is 8.94. The van der Waals surface area contributed by atoms with Gasteiger partial charge in [-0.1, -0.05) is 26.0 Å². The number of aliphatic imine (C=N–C) groups is 1. The van der Waals surface area contributed by atoms with Gasteiger partial charge in [-0.3, -0.25) is 14.5 Å². The second-order valence-electron chi connectivity index (χ2n) is 7.68. The maximum atomic E-state index is 14.1. The van der Waals surface area contributed by atoms with E-state index in [4.69, 9.17) is 5.73 Å². The first-order valence-electron chi connectivity index (χ1n) is 9.72. The van der Waals surface area contributed by atoms with Crippen LogP contribution in [-0.4, -0.2) is 33.8 Å². The number of hydrogen-bond acceptors (Lipinski definition) is 5. The van der Waals surface area contributed by atoms with Gasteiger partial charge in [0, 0.05) is 12.1 Å². The largest absolute Gasteiger partial charge is 0.508 e. The third-order valence-corrected chi connectivity index (χ3v) is 4.95. The van der Waals surface area contributed by atoms with Gasteiger partial charge in [0.1, 0.15) is 11.6 Å². The highest BCUT2D eigenvalue weighted by atomic mass is 19.1. The zero-order valence-electron chi connectivity index (χ0n) is 16.9. The van der Waals surface area contributed by atoms with Crippen LogP contribution in [0.5, 0.6) is 5.75 Å². The lowest BCUT2D eigenvalue weighted by Crippen LogP contribution is -2.47. The number of phenolic OH excluding ortho intramolecular Hbond substituents is 1. The number of nitrogens with zero attached hydrogens (tertiary/aromatic N) is 2. The average Bonchev–Trinajstić information content (AvgIpc) is 2.68. The molecule has 0 fully saturated rings. The molecular formula is C22H25FN4O3. The topological polar surface area (TPSA) is 108 Å². The molecule has 1 aliphatic rings. The highest BCUT2D eigenvalue weighted by molar-refractivity contribution is 5.98. The van der Waals surface area contributed by atoms with Crippen LogP contribution >= 0.6 is 0 Å². The molecule has 0 radical (unpaired) electrons. The molecule has 1 unspecified atom stereocenters. The van der Waals surface area contributed by atoms with E-state index < -0.39 is 11.7 Å². The summed E-state index contributed by atoms with van der Waals surface area (Å²) in [5.74, 6) is -0.851. The smallest absolute Gasteiger partial charge is 0.251 e. The summed E-state index contributed by atoms with van der Waals surface area (Å²) in [5, 5.41) is 12.2. The van der Waals surface area contributed by atoms with Crippen LogP contribution in [0, 0.1) is 11.7 Å². The molecule has 1 atom stereocenters. The first kappa shape index (κ1) is 21.3. The summed E-state index contributed by atoms with van der Waals surface area (Å²) < 4.78 is 14.1. The van der Waals surface area contributed by atoms with Crippen LogP contribution in [0.25, 0.3) is 0 Å². The molecule has 0 aromatic heterocycles. The molecule has 1 aliphatic heterocycles. The summed E-state index contributed by atoms with van der Waals surface area (Å²) >= 11 is 0. The summed E-state index contributed by atoms with van der Waals surface area (Å²) in [7, 11) is 0. The van der Waals surface area contributed by atoms with Crippen molar-refractivity contribution in [1.82, 2.24) is 10.2 Å². The minimum atomic E-state index is -0.588. The van der Waals surface area contributed by atoms with E-state index in [1.54, 1.807) is 12.1 Å². The molecule has 1 heterocycles. The third-order valence-electron chi connectivity index (χ3n) is 4.95. The molecule has 158 valence electrons. The molecule has 30 heavy (non-hydrogen) atoms. The summed E-state index contributed by atoms with van der Waals surface area (Å²) in [4.78, 5) is 30.6. The minimum absolute atomic E-state index is 0.0313. The number of rotatable bonds is 6. The van der Waals surface area contributed by atoms with E-state index in [9.17, 15) is 19.1 Å². The van der Waals surface area contributed by atoms with Gasteiger partial charge in [0.05, 0.1) is 19.0 Å². The van der Waals surface area contributed by atoms with Crippen molar-refractivity contribution in [3.05, 3.63) is 65.0 Å². The lowest BCUT2D eigenvalue weighted by molar-refractivity contribution is -0.129. The molecule has 8 heteroatoms. The van der Waals surface area contributed by atoms with Crippen LogP contribution in [0.15, 0.2) is 47.5 Å². The summed E-state index contributed by atoms with van der Waals surface area (Å²) in [6, 6.07) is 10.2. The van der Waals surface area contributed by atoms with Crippen LogP contribution in [0.3, 0.4) is 0 Å². The Morgan fingerprint density at radius 1 is 1.30 bits per heavy atom. The number of hydrogen-bond donors (Lipinski definition) is 3. The van der Waals surface area contributed by atoms with Gasteiger partial charge in [-0.2, -0.15) is 0 Å². The molecule has 0 saturated heterocycles. The molecule has 0 saturated carbocycles. The summed E-state index contributed by atoms with van der Waals surface area (Å²) in [6.07, 6.45) is 0.241. The molecule has 3 rings (SSSR count). The number of guanidine groups is 1. The fourth-order valence-corrected chi connectivity index (χ4v) is 3.26. The number of amides is 2. The number of phenols is 1. The van der Waals surface area contributed by atoms with Gasteiger partial charge in [-0.05, 0) is 47.4 Å². The second-order valence-corrected chi connectivity index (χ2v) is 7.68. The van der Waals surface area contributed by atoms with Gasteiger partial charge in [0.25, 0.3) is 5.91 Å². The molecule has 2 amide bonds. The van der Waals surface area contributed by atoms with Gasteiger partial charge in [-0.25, -0.2) is 9.38 Å². The lowest BCUT2D eigenvalue weighted by atomic mass is 9.99. The average molecular weight is 412 g/mol. The number of carbonyl (C=O) groups is 2. The highest BCUT2D eigenvalue weighted by Gasteiger charge is 2.29. The Morgan fingerprint density at radius 3 is 2.73 bits per heavy atom. The van der Waals surface area contributed by atoms with Crippen molar-refractivity contribution in [3.63, 3.8) is 0 Å². The molecular weight excluding hydrogens is 387 g/mol. The third kappa shape index (κ3) is 5.14. The van der Waals surface area contributed by atoms with Crippen molar-refractivity contribution in [3.8, 4) is 5.75 Å². The SMILES string of the molecule is CC(C)C1CC(=O)N(Cc2cc(F)cc(C(=O)NCc3cccc(O)c3)c2)C(N)=N1. The van der Waals surface area contributed by atoms with E-state index in [1.165, 1.54) is 29.2 Å². The van der Waals surface area contributed by atoms with Crippen molar-refractivity contribution < 1.29 is 19.1 Å². The monoisotopic (exact) mass is 412 g/mol. The molecule has 0 spiro atoms. The van der Waals surface area contributed by atoms with Crippen molar-refractivity contribution in [2.45, 2.75) is 39.4 Å². The van der Waals surface area contributed by atoms with E-state index >= 15 is 0 Å². The number of aromatic hydroxyl groups is 1. The van der Waals surface area contributed by atoms with E-state index in [0.29, 0.717) is 11.1 Å². The van der Waals surface area contributed by atoms with E-state index in [0.717, 1.165) is 6.07 Å². The van der Waals surface area contributed by atoms with Crippen LogP contribution in [-0.2, 0) is 17.9 Å². The van der Waals surface area contributed by atoms with Gasteiger partial charge in [-0.15, -0.1) is 0 Å². The zero-order chi connectivity index (χ0) is 21.8. The van der Waals surface area contributed by atoms with Crippen molar-refractivity contribution >= 4 is 17.8 Å².